The Labute approximate surface area is 218 Å². The van der Waals surface area contributed by atoms with E-state index in [0.29, 0.717) is 35.4 Å². The molecule has 0 N–H and O–H groups in total. The highest BCUT2D eigenvalue weighted by atomic mass is 19.1. The molecule has 0 bridgehead atoms. The fourth-order valence-electron chi connectivity index (χ4n) is 4.45. The van der Waals surface area contributed by atoms with Gasteiger partial charge >= 0.3 is 5.97 Å². The van der Waals surface area contributed by atoms with Gasteiger partial charge in [0.05, 0.1) is 5.69 Å². The van der Waals surface area contributed by atoms with Crippen LogP contribution in [0.1, 0.15) is 52.1 Å². The van der Waals surface area contributed by atoms with Crippen LogP contribution in [0.4, 0.5) is 13.2 Å². The fourth-order valence-corrected chi connectivity index (χ4v) is 4.45. The molecule has 0 radical (unpaired) electrons. The number of rotatable bonds is 8. The maximum absolute atomic E-state index is 14.3. The molecule has 7 heteroatoms. The molecule has 0 atom stereocenters. The van der Waals surface area contributed by atoms with Gasteiger partial charge in [0.15, 0.2) is 0 Å². The molecule has 1 heterocycles. The normalized spacial score (nSPS) is 13.0. The molecule has 4 aromatic rings. The average molecular weight is 516 g/mol. The molecule has 0 saturated heterocycles. The number of pyridine rings is 1. The van der Waals surface area contributed by atoms with Gasteiger partial charge in [0, 0.05) is 5.56 Å². The van der Waals surface area contributed by atoms with Crippen LogP contribution in [0, 0.1) is 17.5 Å². The van der Waals surface area contributed by atoms with E-state index in [1.54, 1.807) is 42.5 Å². The van der Waals surface area contributed by atoms with Crippen molar-refractivity contribution in [3.8, 4) is 5.75 Å². The lowest BCUT2D eigenvalue weighted by atomic mass is 9.98. The first-order valence-corrected chi connectivity index (χ1v) is 12.2. The summed E-state index contributed by atoms with van der Waals surface area (Å²) >= 11 is 0. The Bertz CT molecular complexity index is 1480. The molecule has 0 spiro atoms. The second-order valence-corrected chi connectivity index (χ2v) is 8.98. The predicted octanol–water partition coefficient (Wildman–Crippen LogP) is 7.53. The van der Waals surface area contributed by atoms with E-state index in [1.165, 1.54) is 36.4 Å². The maximum atomic E-state index is 14.3. The first-order chi connectivity index (χ1) is 18.5. The number of ether oxygens (including phenoxy) is 2. The third kappa shape index (κ3) is 5.94. The summed E-state index contributed by atoms with van der Waals surface area (Å²) in [5.74, 6) is -1.16. The van der Waals surface area contributed by atoms with Crippen molar-refractivity contribution in [1.29, 1.82) is 0 Å². The van der Waals surface area contributed by atoms with Gasteiger partial charge in [0.1, 0.15) is 42.1 Å². The molecule has 0 saturated carbocycles. The monoisotopic (exact) mass is 515 g/mol. The van der Waals surface area contributed by atoms with Crippen molar-refractivity contribution in [1.82, 2.24) is 4.98 Å². The molecule has 1 aromatic heterocycles. The van der Waals surface area contributed by atoms with Crippen molar-refractivity contribution in [3.63, 3.8) is 0 Å². The van der Waals surface area contributed by atoms with Gasteiger partial charge in [-0.1, -0.05) is 30.3 Å². The van der Waals surface area contributed by atoms with Crippen molar-refractivity contribution < 1.29 is 27.4 Å². The van der Waals surface area contributed by atoms with E-state index in [1.807, 2.05) is 6.07 Å². The fraction of sp³-hybridized carbons (Fsp3) is 0.161. The SMILES string of the molecule is O=C(OCc1ccc(F)cc1)c1cccc(C2=C(c3cc(F)ccc3OCc3ccc(F)cc3)CCC2)n1. The Morgan fingerprint density at radius 1 is 0.737 bits per heavy atom. The minimum Gasteiger partial charge on any atom is -0.488 e. The number of aromatic nitrogens is 1. The van der Waals surface area contributed by atoms with Gasteiger partial charge in [-0.2, -0.15) is 0 Å². The van der Waals surface area contributed by atoms with E-state index in [2.05, 4.69) is 4.98 Å². The molecular formula is C31H24F3NO3. The van der Waals surface area contributed by atoms with Crippen molar-refractivity contribution in [2.24, 2.45) is 0 Å². The van der Waals surface area contributed by atoms with Crippen molar-refractivity contribution in [2.75, 3.05) is 0 Å². The average Bonchev–Trinajstić information content (AvgIpc) is 3.43. The summed E-state index contributed by atoms with van der Waals surface area (Å²) in [5, 5.41) is 0. The highest BCUT2D eigenvalue weighted by Crippen LogP contribution is 2.42. The zero-order valence-corrected chi connectivity index (χ0v) is 20.4. The van der Waals surface area contributed by atoms with Crippen LogP contribution in [0.2, 0.25) is 0 Å². The molecule has 192 valence electrons. The lowest BCUT2D eigenvalue weighted by Crippen LogP contribution is -2.08. The quantitative estimate of drug-likeness (QED) is 0.228. The maximum Gasteiger partial charge on any atom is 0.357 e. The molecule has 4 nitrogen and oxygen atoms in total. The number of halogens is 3. The van der Waals surface area contributed by atoms with Gasteiger partial charge in [0.25, 0.3) is 0 Å². The molecule has 0 aliphatic heterocycles. The van der Waals surface area contributed by atoms with Crippen molar-refractivity contribution >= 4 is 17.1 Å². The molecule has 5 rings (SSSR count). The number of allylic oxidation sites excluding steroid dienone is 2. The van der Waals surface area contributed by atoms with Crippen molar-refractivity contribution in [2.45, 2.75) is 32.5 Å². The summed E-state index contributed by atoms with van der Waals surface area (Å²) in [4.78, 5) is 17.2. The number of nitrogens with zero attached hydrogens (tertiary/aromatic N) is 1. The molecule has 1 aliphatic carbocycles. The van der Waals surface area contributed by atoms with Crippen molar-refractivity contribution in [3.05, 3.63) is 130 Å². The molecule has 0 unspecified atom stereocenters. The van der Waals surface area contributed by atoms with Gasteiger partial charge in [-0.25, -0.2) is 22.9 Å². The van der Waals surface area contributed by atoms with Gasteiger partial charge in [-0.3, -0.25) is 0 Å². The molecule has 0 fully saturated rings. The summed E-state index contributed by atoms with van der Waals surface area (Å²) in [6.07, 6.45) is 2.26. The van der Waals surface area contributed by atoms with E-state index < -0.39 is 5.97 Å². The largest absolute Gasteiger partial charge is 0.488 e. The van der Waals surface area contributed by atoms with Gasteiger partial charge in [0.2, 0.25) is 0 Å². The van der Waals surface area contributed by atoms with E-state index in [9.17, 15) is 18.0 Å². The molecular weight excluding hydrogens is 491 g/mol. The lowest BCUT2D eigenvalue weighted by Gasteiger charge is -2.15. The van der Waals surface area contributed by atoms with Gasteiger partial charge < -0.3 is 9.47 Å². The lowest BCUT2D eigenvalue weighted by molar-refractivity contribution is 0.0465. The molecule has 3 aromatic carbocycles. The van der Waals surface area contributed by atoms with Gasteiger partial charge in [-0.15, -0.1) is 0 Å². The Morgan fingerprint density at radius 2 is 1.37 bits per heavy atom. The third-order valence-corrected chi connectivity index (χ3v) is 6.34. The van der Waals surface area contributed by atoms with Crippen LogP contribution in [0.3, 0.4) is 0 Å². The Kier molecular flexibility index (Phi) is 7.54. The van der Waals surface area contributed by atoms with E-state index >= 15 is 0 Å². The number of benzene rings is 3. The number of hydrogen-bond donors (Lipinski definition) is 0. The minimum atomic E-state index is -0.592. The van der Waals surface area contributed by atoms with Gasteiger partial charge in [-0.05, 0) is 96.1 Å². The predicted molar refractivity (Wildman–Crippen MR) is 138 cm³/mol. The second kappa shape index (κ2) is 11.3. The highest BCUT2D eigenvalue weighted by Gasteiger charge is 2.23. The summed E-state index contributed by atoms with van der Waals surface area (Å²) in [7, 11) is 0. The number of hydrogen-bond acceptors (Lipinski definition) is 4. The summed E-state index contributed by atoms with van der Waals surface area (Å²) in [6, 6.07) is 21.2. The Morgan fingerprint density at radius 3 is 2.08 bits per heavy atom. The zero-order chi connectivity index (χ0) is 26.5. The van der Waals surface area contributed by atoms with Crippen LogP contribution in [-0.2, 0) is 18.0 Å². The second-order valence-electron chi connectivity index (χ2n) is 8.98. The van der Waals surface area contributed by atoms with E-state index in [-0.39, 0.29) is 36.4 Å². The van der Waals surface area contributed by atoms with Crippen LogP contribution >= 0.6 is 0 Å². The van der Waals surface area contributed by atoms with Crippen LogP contribution in [-0.4, -0.2) is 11.0 Å². The standard InChI is InChI=1S/C31H24F3NO3/c32-22-11-7-20(8-12-22)18-37-30-16-15-24(34)17-27(30)25-3-1-4-26(25)28-5-2-6-29(35-28)31(36)38-19-21-9-13-23(33)14-10-21/h2,5-17H,1,3-4,18-19H2. The zero-order valence-electron chi connectivity index (χ0n) is 20.4. The molecule has 1 aliphatic rings. The summed E-state index contributed by atoms with van der Waals surface area (Å²) < 4.78 is 52.1. The topological polar surface area (TPSA) is 48.4 Å². The van der Waals surface area contributed by atoms with Crippen LogP contribution in [0.15, 0.2) is 84.9 Å². The number of esters is 1. The summed E-state index contributed by atoms with van der Waals surface area (Å²) in [5.41, 5.74) is 4.66. The highest BCUT2D eigenvalue weighted by molar-refractivity contribution is 5.94. The van der Waals surface area contributed by atoms with E-state index in [4.69, 9.17) is 9.47 Å². The number of carbonyl (C=O) groups is 1. The molecule has 0 amide bonds. The summed E-state index contributed by atoms with van der Waals surface area (Å²) in [6.45, 7) is 0.201. The first-order valence-electron chi connectivity index (χ1n) is 12.2. The smallest absolute Gasteiger partial charge is 0.357 e. The van der Waals surface area contributed by atoms with Crippen LogP contribution in [0.5, 0.6) is 5.75 Å². The van der Waals surface area contributed by atoms with E-state index in [0.717, 1.165) is 23.1 Å². The first kappa shape index (κ1) is 25.3. The van der Waals surface area contributed by atoms with Crippen LogP contribution < -0.4 is 4.74 Å². The minimum absolute atomic E-state index is 0.00296. The Hall–Kier alpha value is -4.39. The van der Waals surface area contributed by atoms with Crippen LogP contribution in [0.25, 0.3) is 11.1 Å². The third-order valence-electron chi connectivity index (χ3n) is 6.34. The molecule has 38 heavy (non-hydrogen) atoms. The number of carbonyl (C=O) groups excluding carboxylic acids is 1. The Balaban J connectivity index is 1.38.